The molecule has 1 aromatic heterocycles. The highest BCUT2D eigenvalue weighted by Gasteiger charge is 2.22. The molecule has 2 rings (SSSR count). The fraction of sp³-hybridized carbons (Fsp3) is 0.529. The number of pyridine rings is 1. The van der Waals surface area contributed by atoms with E-state index in [1.807, 2.05) is 11.9 Å². The fourth-order valence-electron chi connectivity index (χ4n) is 2.73. The van der Waals surface area contributed by atoms with E-state index in [0.717, 1.165) is 12.8 Å². The molecule has 0 saturated heterocycles. The van der Waals surface area contributed by atoms with Crippen molar-refractivity contribution in [1.82, 2.24) is 9.88 Å². The molecule has 112 valence electrons. The van der Waals surface area contributed by atoms with Crippen molar-refractivity contribution in [2.45, 2.75) is 44.6 Å². The number of rotatable bonds is 2. The first-order valence-corrected chi connectivity index (χ1v) is 7.55. The molecule has 0 bridgehead atoms. The number of carbonyl (C=O) groups is 1. The van der Waals surface area contributed by atoms with E-state index < -0.39 is 0 Å². The molecule has 21 heavy (non-hydrogen) atoms. The van der Waals surface area contributed by atoms with Crippen LogP contribution >= 0.6 is 0 Å². The van der Waals surface area contributed by atoms with Gasteiger partial charge < -0.3 is 10.0 Å². The Morgan fingerprint density at radius 3 is 2.62 bits per heavy atom. The Morgan fingerprint density at radius 1 is 1.33 bits per heavy atom. The minimum atomic E-state index is -0.175. The number of aliphatic hydroxyl groups is 1. The minimum absolute atomic E-state index is 0.0245. The van der Waals surface area contributed by atoms with Gasteiger partial charge in [0, 0.05) is 24.8 Å². The maximum Gasteiger partial charge on any atom is 0.272 e. The van der Waals surface area contributed by atoms with Gasteiger partial charge in [-0.3, -0.25) is 4.79 Å². The maximum atomic E-state index is 12.5. The Hall–Kier alpha value is -1.86. The summed E-state index contributed by atoms with van der Waals surface area (Å²) >= 11 is 0. The van der Waals surface area contributed by atoms with Gasteiger partial charge in [0.15, 0.2) is 0 Å². The van der Waals surface area contributed by atoms with Crippen molar-refractivity contribution in [2.75, 3.05) is 13.7 Å². The van der Waals surface area contributed by atoms with E-state index in [0.29, 0.717) is 17.3 Å². The van der Waals surface area contributed by atoms with Gasteiger partial charge in [0.2, 0.25) is 0 Å². The summed E-state index contributed by atoms with van der Waals surface area (Å²) in [6.07, 6.45) is 8.70. The molecule has 1 aliphatic carbocycles. The SMILES string of the molecule is CN(C(=O)c1ccc(C#CCO)cn1)C1CCCCCC1. The van der Waals surface area contributed by atoms with E-state index in [9.17, 15) is 4.79 Å². The van der Waals surface area contributed by atoms with Crippen LogP contribution in [-0.4, -0.2) is 40.6 Å². The van der Waals surface area contributed by atoms with Crippen LogP contribution in [0.4, 0.5) is 0 Å². The monoisotopic (exact) mass is 286 g/mol. The first-order valence-electron chi connectivity index (χ1n) is 7.55. The zero-order valence-electron chi connectivity index (χ0n) is 12.5. The quantitative estimate of drug-likeness (QED) is 0.670. The van der Waals surface area contributed by atoms with E-state index in [1.54, 1.807) is 18.3 Å². The molecule has 0 atom stereocenters. The third-order valence-corrected chi connectivity index (χ3v) is 3.99. The highest BCUT2D eigenvalue weighted by Crippen LogP contribution is 2.22. The molecule has 1 aromatic rings. The van der Waals surface area contributed by atoms with Gasteiger partial charge in [0.1, 0.15) is 12.3 Å². The summed E-state index contributed by atoms with van der Waals surface area (Å²) in [4.78, 5) is 18.5. The van der Waals surface area contributed by atoms with Crippen molar-refractivity contribution < 1.29 is 9.90 Å². The number of hydrogen-bond donors (Lipinski definition) is 1. The summed E-state index contributed by atoms with van der Waals surface area (Å²) in [6, 6.07) is 3.80. The third-order valence-electron chi connectivity index (χ3n) is 3.99. The molecular formula is C17H22N2O2. The predicted molar refractivity (Wildman–Crippen MR) is 81.8 cm³/mol. The van der Waals surface area contributed by atoms with E-state index in [4.69, 9.17) is 5.11 Å². The molecule has 1 N–H and O–H groups in total. The van der Waals surface area contributed by atoms with Gasteiger partial charge >= 0.3 is 0 Å². The molecule has 0 aliphatic heterocycles. The highest BCUT2D eigenvalue weighted by atomic mass is 16.2. The smallest absolute Gasteiger partial charge is 0.272 e. The number of aliphatic hydroxyl groups excluding tert-OH is 1. The predicted octanol–water partition coefficient (Wildman–Crippen LogP) is 2.22. The molecule has 0 aromatic carbocycles. The van der Waals surface area contributed by atoms with Gasteiger partial charge in [-0.25, -0.2) is 4.98 Å². The number of carbonyl (C=O) groups excluding carboxylic acids is 1. The second kappa shape index (κ2) is 7.80. The van der Waals surface area contributed by atoms with Crippen LogP contribution in [0, 0.1) is 11.8 Å². The van der Waals surface area contributed by atoms with E-state index in [-0.39, 0.29) is 12.5 Å². The van der Waals surface area contributed by atoms with E-state index in [2.05, 4.69) is 16.8 Å². The molecule has 0 spiro atoms. The van der Waals surface area contributed by atoms with Gasteiger partial charge in [-0.15, -0.1) is 0 Å². The summed E-state index contributed by atoms with van der Waals surface area (Å²) in [5, 5.41) is 8.66. The average Bonchev–Trinajstić information content (AvgIpc) is 2.81. The second-order valence-electron chi connectivity index (χ2n) is 5.45. The lowest BCUT2D eigenvalue weighted by Gasteiger charge is -2.26. The van der Waals surface area contributed by atoms with Crippen molar-refractivity contribution in [2.24, 2.45) is 0 Å². The molecule has 1 aliphatic rings. The molecule has 1 fully saturated rings. The van der Waals surface area contributed by atoms with E-state index in [1.165, 1.54) is 25.7 Å². The molecule has 0 radical (unpaired) electrons. The van der Waals surface area contributed by atoms with Crippen LogP contribution in [0.15, 0.2) is 18.3 Å². The third kappa shape index (κ3) is 4.30. The number of nitrogens with zero attached hydrogens (tertiary/aromatic N) is 2. The number of amides is 1. The Balaban J connectivity index is 2.04. The van der Waals surface area contributed by atoms with Gasteiger partial charge in [-0.05, 0) is 25.0 Å². The van der Waals surface area contributed by atoms with Crippen molar-refractivity contribution in [3.05, 3.63) is 29.6 Å². The zero-order valence-corrected chi connectivity index (χ0v) is 12.5. The average molecular weight is 286 g/mol. The van der Waals surface area contributed by atoms with Crippen molar-refractivity contribution in [3.8, 4) is 11.8 Å². The molecule has 1 heterocycles. The topological polar surface area (TPSA) is 53.4 Å². The molecule has 4 heteroatoms. The van der Waals surface area contributed by atoms with Crippen LogP contribution in [0.1, 0.15) is 54.6 Å². The normalized spacial score (nSPS) is 15.7. The van der Waals surface area contributed by atoms with Crippen LogP contribution in [0.3, 0.4) is 0 Å². The number of aromatic nitrogens is 1. The van der Waals surface area contributed by atoms with Gasteiger partial charge in [0.25, 0.3) is 5.91 Å². The zero-order chi connectivity index (χ0) is 15.1. The Kier molecular flexibility index (Phi) is 5.77. The Morgan fingerprint density at radius 2 is 2.05 bits per heavy atom. The largest absolute Gasteiger partial charge is 0.384 e. The van der Waals surface area contributed by atoms with Gasteiger partial charge in [-0.1, -0.05) is 37.5 Å². The van der Waals surface area contributed by atoms with Crippen LogP contribution in [0.5, 0.6) is 0 Å². The fourth-order valence-corrected chi connectivity index (χ4v) is 2.73. The van der Waals surface area contributed by atoms with Gasteiger partial charge in [-0.2, -0.15) is 0 Å². The van der Waals surface area contributed by atoms with Gasteiger partial charge in [0.05, 0.1) is 0 Å². The van der Waals surface area contributed by atoms with Crippen molar-refractivity contribution in [3.63, 3.8) is 0 Å². The van der Waals surface area contributed by atoms with Crippen LogP contribution < -0.4 is 0 Å². The summed E-state index contributed by atoms with van der Waals surface area (Å²) in [5.41, 5.74) is 1.16. The lowest BCUT2D eigenvalue weighted by molar-refractivity contribution is 0.0712. The van der Waals surface area contributed by atoms with Crippen molar-refractivity contribution in [1.29, 1.82) is 0 Å². The molecular weight excluding hydrogens is 264 g/mol. The Labute approximate surface area is 126 Å². The Bertz CT molecular complexity index is 520. The van der Waals surface area contributed by atoms with Crippen molar-refractivity contribution >= 4 is 5.91 Å². The summed E-state index contributed by atoms with van der Waals surface area (Å²) in [7, 11) is 1.87. The van der Waals surface area contributed by atoms with E-state index >= 15 is 0 Å². The highest BCUT2D eigenvalue weighted by molar-refractivity contribution is 5.92. The summed E-state index contributed by atoms with van der Waals surface area (Å²) in [5.74, 6) is 5.31. The second-order valence-corrected chi connectivity index (χ2v) is 5.45. The first kappa shape index (κ1) is 15.5. The minimum Gasteiger partial charge on any atom is -0.384 e. The number of hydrogen-bond acceptors (Lipinski definition) is 3. The van der Waals surface area contributed by atoms with Crippen LogP contribution in [-0.2, 0) is 0 Å². The summed E-state index contributed by atoms with van der Waals surface area (Å²) < 4.78 is 0. The lowest BCUT2D eigenvalue weighted by Crippen LogP contribution is -2.37. The lowest BCUT2D eigenvalue weighted by atomic mass is 10.1. The molecule has 4 nitrogen and oxygen atoms in total. The maximum absolute atomic E-state index is 12.5. The van der Waals surface area contributed by atoms with Crippen LogP contribution in [0.25, 0.3) is 0 Å². The molecule has 1 saturated carbocycles. The summed E-state index contributed by atoms with van der Waals surface area (Å²) in [6.45, 7) is -0.175. The standard InChI is InChI=1S/C17H22N2O2/c1-19(15-8-4-2-3-5-9-15)17(21)16-11-10-14(13-18-16)7-6-12-20/h10-11,13,15,20H,2-5,8-9,12H2,1H3. The first-order chi connectivity index (χ1) is 10.2. The molecule has 0 unspecified atom stereocenters. The molecule has 1 amide bonds. The van der Waals surface area contributed by atoms with Crippen LogP contribution in [0.2, 0.25) is 0 Å².